The maximum Gasteiger partial charge on any atom is 0.232 e. The lowest BCUT2D eigenvalue weighted by Crippen LogP contribution is -2.25. The fourth-order valence-corrected chi connectivity index (χ4v) is 4.07. The summed E-state index contributed by atoms with van der Waals surface area (Å²) in [5.41, 5.74) is 3.77. The number of aromatic nitrogens is 1. The number of benzene rings is 2. The molecule has 32 heavy (non-hydrogen) atoms. The highest BCUT2D eigenvalue weighted by Gasteiger charge is 2.27. The fraction of sp³-hybridized carbons (Fsp3) is 0.280. The average molecular weight is 453 g/mol. The molecule has 7 heteroatoms. The zero-order valence-corrected chi connectivity index (χ0v) is 18.6. The molecule has 0 radical (unpaired) electrons. The molecule has 0 saturated carbocycles. The normalized spacial score (nSPS) is 15.7. The molecule has 0 unspecified atom stereocenters. The molecule has 1 aliphatic rings. The molecule has 0 amide bonds. The standard InChI is InChI=1S/C25H25ClN2O4/c1-31-16-17-4-6-18(7-5-17)24(30)19-8-9-23(20(13-19)15-29)28-12-10-21(14-28)32-25-22(26)3-2-11-27-25/h2-9,11,13,21,29H,10,12,14-16H2,1H3/t21-/m0/s1. The van der Waals surface area contributed by atoms with Crippen molar-refractivity contribution in [2.45, 2.75) is 25.7 Å². The molecule has 1 fully saturated rings. The first-order valence-electron chi connectivity index (χ1n) is 10.5. The molecule has 1 saturated heterocycles. The van der Waals surface area contributed by atoms with Gasteiger partial charge in [-0.1, -0.05) is 35.9 Å². The fourth-order valence-electron chi connectivity index (χ4n) is 3.91. The van der Waals surface area contributed by atoms with Crippen molar-refractivity contribution in [2.75, 3.05) is 25.1 Å². The SMILES string of the molecule is COCc1ccc(C(=O)c2ccc(N3CC[C@H](Oc4ncccc4Cl)C3)c(CO)c2)cc1. The average Bonchev–Trinajstić information content (AvgIpc) is 3.29. The van der Waals surface area contributed by atoms with Crippen molar-refractivity contribution in [1.29, 1.82) is 0 Å². The number of carbonyl (C=O) groups is 1. The van der Waals surface area contributed by atoms with Crippen LogP contribution in [-0.2, 0) is 18.0 Å². The largest absolute Gasteiger partial charge is 0.471 e. The Bertz CT molecular complexity index is 1090. The summed E-state index contributed by atoms with van der Waals surface area (Å²) in [6.07, 6.45) is 2.41. The van der Waals surface area contributed by atoms with Crippen LogP contribution in [0.4, 0.5) is 5.69 Å². The summed E-state index contributed by atoms with van der Waals surface area (Å²) in [7, 11) is 1.64. The summed E-state index contributed by atoms with van der Waals surface area (Å²) < 4.78 is 11.1. The van der Waals surface area contributed by atoms with Gasteiger partial charge in [0.2, 0.25) is 5.88 Å². The number of aliphatic hydroxyl groups is 1. The molecule has 2 aromatic carbocycles. The van der Waals surface area contributed by atoms with Crippen molar-refractivity contribution in [3.8, 4) is 5.88 Å². The molecule has 6 nitrogen and oxygen atoms in total. The highest BCUT2D eigenvalue weighted by atomic mass is 35.5. The topological polar surface area (TPSA) is 71.9 Å². The molecule has 1 aliphatic heterocycles. The minimum absolute atomic E-state index is 0.0548. The van der Waals surface area contributed by atoms with Crippen molar-refractivity contribution in [2.24, 2.45) is 0 Å². The maximum atomic E-state index is 12.9. The monoisotopic (exact) mass is 452 g/mol. The number of ketones is 1. The van der Waals surface area contributed by atoms with Crippen LogP contribution >= 0.6 is 11.6 Å². The van der Waals surface area contributed by atoms with Crippen LogP contribution < -0.4 is 9.64 Å². The van der Waals surface area contributed by atoms with E-state index in [4.69, 9.17) is 21.1 Å². The third-order valence-corrected chi connectivity index (χ3v) is 5.82. The van der Waals surface area contributed by atoms with Gasteiger partial charge in [-0.15, -0.1) is 0 Å². The van der Waals surface area contributed by atoms with Crippen LogP contribution in [0, 0.1) is 0 Å². The van der Waals surface area contributed by atoms with Gasteiger partial charge >= 0.3 is 0 Å². The first-order valence-corrected chi connectivity index (χ1v) is 10.9. The smallest absolute Gasteiger partial charge is 0.232 e. The van der Waals surface area contributed by atoms with Crippen molar-refractivity contribution >= 4 is 23.1 Å². The van der Waals surface area contributed by atoms with E-state index in [1.165, 1.54) is 0 Å². The van der Waals surface area contributed by atoms with Gasteiger partial charge < -0.3 is 19.5 Å². The molecule has 1 N–H and O–H groups in total. The van der Waals surface area contributed by atoms with Crippen LogP contribution in [0.25, 0.3) is 0 Å². The molecule has 1 aromatic heterocycles. The molecule has 1 atom stereocenters. The van der Waals surface area contributed by atoms with E-state index in [-0.39, 0.29) is 18.5 Å². The lowest BCUT2D eigenvalue weighted by molar-refractivity contribution is 0.103. The minimum atomic E-state index is -0.155. The summed E-state index contributed by atoms with van der Waals surface area (Å²) in [5, 5.41) is 10.5. The van der Waals surface area contributed by atoms with Crippen molar-refractivity contribution in [3.05, 3.63) is 88.1 Å². The Morgan fingerprint density at radius 3 is 2.69 bits per heavy atom. The number of nitrogens with zero attached hydrogens (tertiary/aromatic N) is 2. The number of aliphatic hydroxyl groups excluding tert-OH is 1. The van der Waals surface area contributed by atoms with Gasteiger partial charge in [0.15, 0.2) is 5.78 Å². The molecule has 166 valence electrons. The molecular weight excluding hydrogens is 428 g/mol. The number of hydrogen-bond donors (Lipinski definition) is 1. The lowest BCUT2D eigenvalue weighted by Gasteiger charge is -2.22. The third kappa shape index (κ3) is 4.93. The van der Waals surface area contributed by atoms with Crippen molar-refractivity contribution < 1.29 is 19.4 Å². The number of methoxy groups -OCH3 is 1. The van der Waals surface area contributed by atoms with E-state index in [1.54, 1.807) is 43.6 Å². The van der Waals surface area contributed by atoms with Crippen LogP contribution in [0.5, 0.6) is 5.88 Å². The van der Waals surface area contributed by atoms with Gasteiger partial charge in [-0.25, -0.2) is 4.98 Å². The van der Waals surface area contributed by atoms with Gasteiger partial charge in [0.1, 0.15) is 11.1 Å². The van der Waals surface area contributed by atoms with Gasteiger partial charge in [-0.05, 0) is 35.9 Å². The molecule has 0 bridgehead atoms. The Morgan fingerprint density at radius 2 is 1.97 bits per heavy atom. The van der Waals surface area contributed by atoms with Crippen LogP contribution in [0.15, 0.2) is 60.8 Å². The van der Waals surface area contributed by atoms with Gasteiger partial charge in [0.25, 0.3) is 0 Å². The Balaban J connectivity index is 1.47. The lowest BCUT2D eigenvalue weighted by atomic mass is 9.99. The Hall–Kier alpha value is -2.93. The van der Waals surface area contributed by atoms with E-state index < -0.39 is 0 Å². The first-order chi connectivity index (χ1) is 15.6. The Morgan fingerprint density at radius 1 is 1.19 bits per heavy atom. The van der Waals surface area contributed by atoms with Gasteiger partial charge in [-0.2, -0.15) is 0 Å². The van der Waals surface area contributed by atoms with Gasteiger partial charge in [0.05, 0.1) is 19.8 Å². The van der Waals surface area contributed by atoms with E-state index in [9.17, 15) is 9.90 Å². The van der Waals surface area contributed by atoms with Crippen LogP contribution in [0.2, 0.25) is 5.02 Å². The number of rotatable bonds is 8. The zero-order chi connectivity index (χ0) is 22.5. The number of ether oxygens (including phenoxy) is 2. The highest BCUT2D eigenvalue weighted by molar-refractivity contribution is 6.31. The highest BCUT2D eigenvalue weighted by Crippen LogP contribution is 2.29. The number of anilines is 1. The molecule has 2 heterocycles. The van der Waals surface area contributed by atoms with E-state index in [1.807, 2.05) is 24.3 Å². The Labute approximate surface area is 192 Å². The second-order valence-corrected chi connectivity index (χ2v) is 8.13. The second kappa shape index (κ2) is 10.1. The van der Waals surface area contributed by atoms with Crippen LogP contribution in [0.1, 0.15) is 33.5 Å². The molecule has 4 rings (SSSR count). The summed E-state index contributed by atoms with van der Waals surface area (Å²) in [5.74, 6) is 0.350. The molecule has 3 aromatic rings. The molecule has 0 aliphatic carbocycles. The van der Waals surface area contributed by atoms with E-state index in [0.29, 0.717) is 40.7 Å². The van der Waals surface area contributed by atoms with Crippen LogP contribution in [0.3, 0.4) is 0 Å². The maximum absolute atomic E-state index is 12.9. The quantitative estimate of drug-likeness (QED) is 0.515. The molecule has 0 spiro atoms. The first kappa shape index (κ1) is 22.3. The predicted octanol–water partition coefficient (Wildman–Crippen LogP) is 4.26. The number of halogens is 1. The molecular formula is C25H25ClN2O4. The number of carbonyl (C=O) groups excluding carboxylic acids is 1. The van der Waals surface area contributed by atoms with Crippen molar-refractivity contribution in [3.63, 3.8) is 0 Å². The zero-order valence-electron chi connectivity index (χ0n) is 17.8. The predicted molar refractivity (Wildman–Crippen MR) is 123 cm³/mol. The summed E-state index contributed by atoms with van der Waals surface area (Å²) in [6, 6.07) is 16.4. The van der Waals surface area contributed by atoms with E-state index in [2.05, 4.69) is 9.88 Å². The summed E-state index contributed by atoms with van der Waals surface area (Å²) >= 11 is 6.15. The third-order valence-electron chi connectivity index (χ3n) is 5.53. The second-order valence-electron chi connectivity index (χ2n) is 7.73. The van der Waals surface area contributed by atoms with Crippen molar-refractivity contribution in [1.82, 2.24) is 4.98 Å². The van der Waals surface area contributed by atoms with Gasteiger partial charge in [0, 0.05) is 48.6 Å². The van der Waals surface area contributed by atoms with E-state index >= 15 is 0 Å². The Kier molecular flexibility index (Phi) is 7.05. The number of hydrogen-bond acceptors (Lipinski definition) is 6. The minimum Gasteiger partial charge on any atom is -0.471 e. The summed E-state index contributed by atoms with van der Waals surface area (Å²) in [4.78, 5) is 19.3. The van der Waals surface area contributed by atoms with E-state index in [0.717, 1.165) is 24.2 Å². The van der Waals surface area contributed by atoms with Gasteiger partial charge in [-0.3, -0.25) is 4.79 Å². The summed E-state index contributed by atoms with van der Waals surface area (Å²) in [6.45, 7) is 1.77. The van der Waals surface area contributed by atoms with Crippen LogP contribution in [-0.4, -0.2) is 42.2 Å². The number of pyridine rings is 1.